The van der Waals surface area contributed by atoms with Gasteiger partial charge in [-0.1, -0.05) is 0 Å². The number of likely N-dealkylation sites (tertiary alicyclic amines) is 2. The fourth-order valence-corrected chi connectivity index (χ4v) is 5.84. The minimum atomic E-state index is -0.488. The summed E-state index contributed by atoms with van der Waals surface area (Å²) < 4.78 is 28.9. The first-order valence-corrected chi connectivity index (χ1v) is 13.9. The standard InChI is InChI=1S/C29H36FN7O3/c1-17-24-25(20-12-33-35(5)13-20)31-16-32-27(24)34-23-11-19(10-22(30)26(23)39-17)18-6-8-36(9-7-18)21-14-37(15-21)28(38)40-29(2,3)4/h10-13,16-18,21H,6-9,14-15H2,1-5H3,(H,31,32,34)/t17-/m1/s1. The fourth-order valence-electron chi connectivity index (χ4n) is 5.84. The maximum atomic E-state index is 15.5. The molecule has 0 aliphatic carbocycles. The monoisotopic (exact) mass is 549 g/mol. The van der Waals surface area contributed by atoms with Crippen LogP contribution in [0.1, 0.15) is 63.7 Å². The Morgan fingerprint density at radius 1 is 1.18 bits per heavy atom. The number of hydrogen-bond acceptors (Lipinski definition) is 8. The molecule has 0 bridgehead atoms. The summed E-state index contributed by atoms with van der Waals surface area (Å²) in [5.74, 6) is 0.646. The normalized spacial score (nSPS) is 20.1. The van der Waals surface area contributed by atoms with Crippen molar-refractivity contribution in [2.45, 2.75) is 64.2 Å². The van der Waals surface area contributed by atoms with E-state index in [0.717, 1.165) is 42.6 Å². The molecule has 3 aliphatic heterocycles. The zero-order valence-electron chi connectivity index (χ0n) is 23.6. The van der Waals surface area contributed by atoms with E-state index in [0.29, 0.717) is 36.3 Å². The first kappa shape index (κ1) is 26.5. The summed E-state index contributed by atoms with van der Waals surface area (Å²) in [6.45, 7) is 10.7. The highest BCUT2D eigenvalue weighted by molar-refractivity contribution is 5.75. The van der Waals surface area contributed by atoms with Gasteiger partial charge < -0.3 is 19.7 Å². The lowest BCUT2D eigenvalue weighted by Crippen LogP contribution is -2.62. The van der Waals surface area contributed by atoms with Gasteiger partial charge in [0.15, 0.2) is 11.6 Å². The number of carbonyl (C=O) groups excluding carboxylic acids is 1. The molecule has 40 heavy (non-hydrogen) atoms. The molecule has 5 heterocycles. The predicted molar refractivity (Wildman–Crippen MR) is 148 cm³/mol. The Morgan fingerprint density at radius 2 is 1.93 bits per heavy atom. The van der Waals surface area contributed by atoms with Gasteiger partial charge in [0.2, 0.25) is 0 Å². The van der Waals surface area contributed by atoms with Gasteiger partial charge in [-0.15, -0.1) is 0 Å². The Labute approximate surface area is 233 Å². The van der Waals surface area contributed by atoms with Gasteiger partial charge in [-0.05, 0) is 77.2 Å². The molecule has 0 spiro atoms. The van der Waals surface area contributed by atoms with E-state index >= 15 is 4.39 Å². The number of aryl methyl sites for hydroxylation is 1. The fraction of sp³-hybridized carbons (Fsp3) is 0.517. The number of carbonyl (C=O) groups is 1. The highest BCUT2D eigenvalue weighted by atomic mass is 19.1. The highest BCUT2D eigenvalue weighted by Crippen LogP contribution is 2.44. The third-order valence-corrected chi connectivity index (χ3v) is 7.91. The van der Waals surface area contributed by atoms with E-state index < -0.39 is 11.7 Å². The minimum Gasteiger partial charge on any atom is -0.481 e. The van der Waals surface area contributed by atoms with Crippen LogP contribution in [0, 0.1) is 5.82 Å². The SMILES string of the molecule is C[C@H]1Oc2c(F)cc(C3CCN(C4CN(C(=O)OC(C)(C)C)C4)CC3)cc2Nc2ncnc(-c3cnn(C)c3)c21. The molecule has 1 atom stereocenters. The second kappa shape index (κ2) is 10.0. The molecular weight excluding hydrogens is 513 g/mol. The van der Waals surface area contributed by atoms with Gasteiger partial charge in [0.05, 0.1) is 23.1 Å². The number of fused-ring (bicyclic) bond motifs is 2. The van der Waals surface area contributed by atoms with Crippen molar-refractivity contribution in [3.63, 3.8) is 0 Å². The molecule has 2 saturated heterocycles. The van der Waals surface area contributed by atoms with Crippen molar-refractivity contribution < 1.29 is 18.7 Å². The van der Waals surface area contributed by atoms with E-state index in [1.54, 1.807) is 21.8 Å². The molecule has 0 saturated carbocycles. The van der Waals surface area contributed by atoms with Crippen LogP contribution in [0.5, 0.6) is 5.75 Å². The van der Waals surface area contributed by atoms with Crippen LogP contribution < -0.4 is 10.1 Å². The summed E-state index contributed by atoms with van der Waals surface area (Å²) >= 11 is 0. The van der Waals surface area contributed by atoms with Crippen molar-refractivity contribution in [1.82, 2.24) is 29.5 Å². The van der Waals surface area contributed by atoms with Crippen LogP contribution >= 0.6 is 0 Å². The molecule has 3 aliphatic rings. The zero-order chi connectivity index (χ0) is 28.2. The zero-order valence-corrected chi connectivity index (χ0v) is 23.6. The van der Waals surface area contributed by atoms with Gasteiger partial charge >= 0.3 is 6.09 Å². The van der Waals surface area contributed by atoms with Crippen molar-refractivity contribution >= 4 is 17.6 Å². The van der Waals surface area contributed by atoms with Gasteiger partial charge in [-0.25, -0.2) is 19.2 Å². The first-order chi connectivity index (χ1) is 19.1. The molecule has 6 rings (SSSR count). The third kappa shape index (κ3) is 5.10. The van der Waals surface area contributed by atoms with Crippen LogP contribution in [0.2, 0.25) is 0 Å². The van der Waals surface area contributed by atoms with Crippen molar-refractivity contribution in [3.05, 3.63) is 47.8 Å². The molecule has 10 nitrogen and oxygen atoms in total. The van der Waals surface area contributed by atoms with E-state index in [1.807, 2.05) is 47.0 Å². The van der Waals surface area contributed by atoms with Crippen molar-refractivity contribution in [2.75, 3.05) is 31.5 Å². The van der Waals surface area contributed by atoms with E-state index in [2.05, 4.69) is 25.3 Å². The van der Waals surface area contributed by atoms with Gasteiger partial charge in [0.25, 0.3) is 0 Å². The summed E-state index contributed by atoms with van der Waals surface area (Å²) in [6, 6.07) is 3.96. The topological polar surface area (TPSA) is 97.6 Å². The number of hydrogen-bond donors (Lipinski definition) is 1. The molecule has 1 amide bonds. The number of aromatic nitrogens is 4. The second-order valence-corrected chi connectivity index (χ2v) is 12.0. The third-order valence-electron chi connectivity index (χ3n) is 7.91. The number of piperidine rings is 1. The van der Waals surface area contributed by atoms with Crippen LogP contribution in [-0.4, -0.2) is 73.5 Å². The van der Waals surface area contributed by atoms with Gasteiger partial charge in [0.1, 0.15) is 23.9 Å². The Kier molecular flexibility index (Phi) is 6.64. The van der Waals surface area contributed by atoms with Crippen molar-refractivity contribution in [3.8, 4) is 17.0 Å². The number of halogens is 1. The summed E-state index contributed by atoms with van der Waals surface area (Å²) in [7, 11) is 1.85. The van der Waals surface area contributed by atoms with Crippen molar-refractivity contribution in [1.29, 1.82) is 0 Å². The van der Waals surface area contributed by atoms with Gasteiger partial charge in [0, 0.05) is 37.9 Å². The molecule has 1 aromatic carbocycles. The molecule has 0 radical (unpaired) electrons. The lowest BCUT2D eigenvalue weighted by molar-refractivity contribution is -0.0196. The van der Waals surface area contributed by atoms with E-state index in [1.165, 1.54) is 6.33 Å². The number of rotatable bonds is 3. The molecular formula is C29H36FN7O3. The van der Waals surface area contributed by atoms with Crippen LogP contribution in [0.15, 0.2) is 30.9 Å². The van der Waals surface area contributed by atoms with Crippen molar-refractivity contribution in [2.24, 2.45) is 7.05 Å². The summed E-state index contributed by atoms with van der Waals surface area (Å²) in [5.41, 5.74) is 3.36. The number of ether oxygens (including phenoxy) is 2. The first-order valence-electron chi connectivity index (χ1n) is 13.9. The maximum Gasteiger partial charge on any atom is 0.410 e. The Morgan fingerprint density at radius 3 is 2.60 bits per heavy atom. The second-order valence-electron chi connectivity index (χ2n) is 12.0. The average Bonchev–Trinajstić information content (AvgIpc) is 3.23. The lowest BCUT2D eigenvalue weighted by Gasteiger charge is -2.47. The number of nitrogens with one attached hydrogen (secondary N) is 1. The summed E-state index contributed by atoms with van der Waals surface area (Å²) in [4.78, 5) is 25.5. The average molecular weight is 550 g/mol. The molecule has 0 unspecified atom stereocenters. The van der Waals surface area contributed by atoms with E-state index in [4.69, 9.17) is 9.47 Å². The van der Waals surface area contributed by atoms with Crippen LogP contribution in [-0.2, 0) is 11.8 Å². The molecule has 11 heteroatoms. The molecule has 1 N–H and O–H groups in total. The Bertz CT molecular complexity index is 1420. The van der Waals surface area contributed by atoms with Crippen LogP contribution in [0.4, 0.5) is 20.7 Å². The summed E-state index contributed by atoms with van der Waals surface area (Å²) in [5, 5.41) is 7.61. The molecule has 3 aromatic rings. The van der Waals surface area contributed by atoms with Crippen LogP contribution in [0.25, 0.3) is 11.3 Å². The van der Waals surface area contributed by atoms with Gasteiger partial charge in [-0.3, -0.25) is 9.58 Å². The lowest BCUT2D eigenvalue weighted by atomic mass is 9.87. The Hall–Kier alpha value is -3.73. The number of benzene rings is 1. The smallest absolute Gasteiger partial charge is 0.410 e. The molecule has 2 aromatic heterocycles. The minimum absolute atomic E-state index is 0.195. The van der Waals surface area contributed by atoms with Crippen LogP contribution in [0.3, 0.4) is 0 Å². The summed E-state index contributed by atoms with van der Waals surface area (Å²) in [6.07, 6.45) is 6.26. The molecule has 212 valence electrons. The predicted octanol–water partition coefficient (Wildman–Crippen LogP) is 5.01. The van der Waals surface area contributed by atoms with E-state index in [9.17, 15) is 4.79 Å². The number of nitrogens with zero attached hydrogens (tertiary/aromatic N) is 6. The highest BCUT2D eigenvalue weighted by Gasteiger charge is 2.38. The molecule has 2 fully saturated rings. The number of anilines is 2. The Balaban J connectivity index is 1.15. The number of amides is 1. The van der Waals surface area contributed by atoms with E-state index in [-0.39, 0.29) is 23.6 Å². The largest absolute Gasteiger partial charge is 0.481 e. The van der Waals surface area contributed by atoms with Gasteiger partial charge in [-0.2, -0.15) is 5.10 Å². The quantitative estimate of drug-likeness (QED) is 0.487. The maximum absolute atomic E-state index is 15.5.